The summed E-state index contributed by atoms with van der Waals surface area (Å²) in [6.45, 7) is 2.91. The van der Waals surface area contributed by atoms with Crippen LogP contribution >= 0.6 is 0 Å². The third-order valence-corrected chi connectivity index (χ3v) is 4.05. The van der Waals surface area contributed by atoms with Gasteiger partial charge in [-0.25, -0.2) is 17.5 Å². The highest BCUT2D eigenvalue weighted by Crippen LogP contribution is 2.16. The molecule has 0 spiro atoms. The molecule has 0 radical (unpaired) electrons. The van der Waals surface area contributed by atoms with Crippen LogP contribution < -0.4 is 4.72 Å². The summed E-state index contributed by atoms with van der Waals surface area (Å²) < 4.78 is 45.0. The van der Waals surface area contributed by atoms with Crippen LogP contribution in [0.15, 0.2) is 23.1 Å². The normalized spacial score (nSPS) is 11.8. The van der Waals surface area contributed by atoms with Gasteiger partial charge >= 0.3 is 0 Å². The van der Waals surface area contributed by atoms with E-state index in [-0.39, 0.29) is 13.2 Å². The molecule has 2 N–H and O–H groups in total. The zero-order valence-corrected chi connectivity index (χ0v) is 12.2. The average Bonchev–Trinajstić information content (AvgIpc) is 2.43. The summed E-state index contributed by atoms with van der Waals surface area (Å²) in [5.41, 5.74) is 0.345. The van der Waals surface area contributed by atoms with E-state index in [1.165, 1.54) is 6.07 Å². The highest BCUT2D eigenvalue weighted by atomic mass is 32.2. The number of halogens is 1. The maximum atomic E-state index is 13.6. The van der Waals surface area contributed by atoms with Crippen molar-refractivity contribution in [3.05, 3.63) is 29.6 Å². The number of benzene rings is 1. The molecule has 0 unspecified atom stereocenters. The van der Waals surface area contributed by atoms with Gasteiger partial charge in [0.2, 0.25) is 10.0 Å². The van der Waals surface area contributed by atoms with E-state index in [4.69, 9.17) is 9.84 Å². The molecule has 0 amide bonds. The first kappa shape index (κ1) is 17.0. The van der Waals surface area contributed by atoms with E-state index in [1.807, 2.05) is 6.92 Å². The van der Waals surface area contributed by atoms with Crippen LogP contribution in [0.3, 0.4) is 0 Å². The largest absolute Gasteiger partial charge is 0.392 e. The molecule has 7 heteroatoms. The fourth-order valence-corrected chi connectivity index (χ4v) is 2.76. The van der Waals surface area contributed by atoms with Crippen molar-refractivity contribution in [1.29, 1.82) is 0 Å². The van der Waals surface area contributed by atoms with Gasteiger partial charge in [0.1, 0.15) is 10.7 Å². The minimum absolute atomic E-state index is 0.175. The van der Waals surface area contributed by atoms with Crippen molar-refractivity contribution in [2.75, 3.05) is 19.8 Å². The Hall–Kier alpha value is -1.02. The van der Waals surface area contributed by atoms with E-state index in [1.54, 1.807) is 0 Å². The minimum atomic E-state index is -3.91. The van der Waals surface area contributed by atoms with Crippen LogP contribution in [0.5, 0.6) is 0 Å². The molecule has 0 saturated carbocycles. The number of nitrogens with one attached hydrogen (secondary N) is 1. The van der Waals surface area contributed by atoms with E-state index in [0.717, 1.165) is 18.6 Å². The molecule has 0 aliphatic rings. The summed E-state index contributed by atoms with van der Waals surface area (Å²) in [6.07, 6.45) is 1.42. The molecule has 5 nitrogen and oxygen atoms in total. The Kier molecular flexibility index (Phi) is 7.08. The van der Waals surface area contributed by atoms with Crippen LogP contribution in [0, 0.1) is 5.82 Å². The van der Waals surface area contributed by atoms with Crippen LogP contribution in [0.2, 0.25) is 0 Å². The third kappa shape index (κ3) is 5.16. The molecule has 0 saturated heterocycles. The van der Waals surface area contributed by atoms with E-state index >= 15 is 0 Å². The van der Waals surface area contributed by atoms with E-state index < -0.39 is 20.7 Å². The molecule has 0 bridgehead atoms. The number of rotatable bonds is 9. The van der Waals surface area contributed by atoms with Crippen molar-refractivity contribution in [1.82, 2.24) is 4.72 Å². The predicted octanol–water partition coefficient (Wildman–Crippen LogP) is 1.41. The molecule has 114 valence electrons. The van der Waals surface area contributed by atoms with Gasteiger partial charge in [-0.1, -0.05) is 13.0 Å². The quantitative estimate of drug-likeness (QED) is 0.677. The number of aliphatic hydroxyl groups excluding tert-OH is 1. The van der Waals surface area contributed by atoms with Gasteiger partial charge < -0.3 is 9.84 Å². The molecular formula is C13H20FNO4S. The summed E-state index contributed by atoms with van der Waals surface area (Å²) in [7, 11) is -3.91. The summed E-state index contributed by atoms with van der Waals surface area (Å²) >= 11 is 0. The smallest absolute Gasteiger partial charge is 0.243 e. The highest BCUT2D eigenvalue weighted by molar-refractivity contribution is 7.89. The summed E-state index contributed by atoms with van der Waals surface area (Å²) in [5.74, 6) is -0.836. The van der Waals surface area contributed by atoms with Gasteiger partial charge in [0.25, 0.3) is 0 Å². The van der Waals surface area contributed by atoms with Crippen LogP contribution in [-0.4, -0.2) is 33.3 Å². The van der Waals surface area contributed by atoms with Gasteiger partial charge in [-0.2, -0.15) is 0 Å². The first-order chi connectivity index (χ1) is 9.51. The Labute approximate surface area is 118 Å². The number of ether oxygens (including phenoxy) is 1. The van der Waals surface area contributed by atoms with Gasteiger partial charge in [0, 0.05) is 19.8 Å². The fraction of sp³-hybridized carbons (Fsp3) is 0.538. The van der Waals surface area contributed by atoms with Gasteiger partial charge in [-0.05, 0) is 30.5 Å². The molecule has 0 aliphatic carbocycles. The molecule has 1 rings (SSSR count). The second kappa shape index (κ2) is 8.31. The highest BCUT2D eigenvalue weighted by Gasteiger charge is 2.18. The molecule has 1 aromatic carbocycles. The zero-order valence-electron chi connectivity index (χ0n) is 11.4. The molecule has 0 aliphatic heterocycles. The summed E-state index contributed by atoms with van der Waals surface area (Å²) in [4.78, 5) is -0.446. The maximum Gasteiger partial charge on any atom is 0.243 e. The number of hydrogen-bond donors (Lipinski definition) is 2. The zero-order chi connectivity index (χ0) is 15.0. The average molecular weight is 305 g/mol. The Bertz CT molecular complexity index is 519. The maximum absolute atomic E-state index is 13.6. The molecule has 20 heavy (non-hydrogen) atoms. The lowest BCUT2D eigenvalue weighted by Gasteiger charge is -2.09. The summed E-state index contributed by atoms with van der Waals surface area (Å²) in [6, 6.07) is 3.50. The monoisotopic (exact) mass is 305 g/mol. The van der Waals surface area contributed by atoms with E-state index in [0.29, 0.717) is 25.2 Å². The number of sulfonamides is 1. The molecule has 0 heterocycles. The van der Waals surface area contributed by atoms with Gasteiger partial charge in [-0.3, -0.25) is 0 Å². The van der Waals surface area contributed by atoms with Crippen molar-refractivity contribution in [2.24, 2.45) is 0 Å². The van der Waals surface area contributed by atoms with Gasteiger partial charge in [0.15, 0.2) is 0 Å². The first-order valence-corrected chi connectivity index (χ1v) is 7.96. The van der Waals surface area contributed by atoms with Crippen molar-refractivity contribution in [3.8, 4) is 0 Å². The second-order valence-electron chi connectivity index (χ2n) is 4.29. The standard InChI is InChI=1S/C13H20FNO4S/c1-2-7-19-8-3-6-15-20(17,18)13-9-11(10-16)4-5-12(13)14/h4-5,9,15-16H,2-3,6-8,10H2,1H3. The fourth-order valence-electron chi connectivity index (χ4n) is 1.56. The third-order valence-electron chi connectivity index (χ3n) is 2.57. The number of hydrogen-bond acceptors (Lipinski definition) is 4. The van der Waals surface area contributed by atoms with Crippen LogP contribution in [0.1, 0.15) is 25.3 Å². The Morgan fingerprint density at radius 1 is 1.35 bits per heavy atom. The predicted molar refractivity (Wildman–Crippen MR) is 73.2 cm³/mol. The molecule has 1 aromatic rings. The van der Waals surface area contributed by atoms with Crippen LogP contribution in [0.25, 0.3) is 0 Å². The van der Waals surface area contributed by atoms with Crippen LogP contribution in [-0.2, 0) is 21.4 Å². The van der Waals surface area contributed by atoms with Crippen molar-refractivity contribution < 1.29 is 22.7 Å². The molecule has 0 aromatic heterocycles. The lowest BCUT2D eigenvalue weighted by atomic mass is 10.2. The SMILES string of the molecule is CCCOCCCNS(=O)(=O)c1cc(CO)ccc1F. The van der Waals surface area contributed by atoms with Gasteiger partial charge in [-0.15, -0.1) is 0 Å². The van der Waals surface area contributed by atoms with E-state index in [9.17, 15) is 12.8 Å². The van der Waals surface area contributed by atoms with Crippen molar-refractivity contribution in [2.45, 2.75) is 31.3 Å². The van der Waals surface area contributed by atoms with E-state index in [2.05, 4.69) is 4.72 Å². The Morgan fingerprint density at radius 2 is 2.10 bits per heavy atom. The Balaban J connectivity index is 2.60. The molecule has 0 atom stereocenters. The summed E-state index contributed by atoms with van der Waals surface area (Å²) in [5, 5.41) is 8.96. The topological polar surface area (TPSA) is 75.6 Å². The molecular weight excluding hydrogens is 285 g/mol. The lowest BCUT2D eigenvalue weighted by molar-refractivity contribution is 0.133. The van der Waals surface area contributed by atoms with Crippen LogP contribution in [0.4, 0.5) is 4.39 Å². The first-order valence-electron chi connectivity index (χ1n) is 6.48. The minimum Gasteiger partial charge on any atom is -0.392 e. The Morgan fingerprint density at radius 3 is 2.75 bits per heavy atom. The molecule has 0 fully saturated rings. The van der Waals surface area contributed by atoms with Gasteiger partial charge in [0.05, 0.1) is 6.61 Å². The van der Waals surface area contributed by atoms with Crippen molar-refractivity contribution >= 4 is 10.0 Å². The lowest BCUT2D eigenvalue weighted by Crippen LogP contribution is -2.26. The second-order valence-corrected chi connectivity index (χ2v) is 6.02. The number of aliphatic hydroxyl groups is 1. The van der Waals surface area contributed by atoms with Crippen molar-refractivity contribution in [3.63, 3.8) is 0 Å².